The largest absolute Gasteiger partial charge is 0.325 e. The highest BCUT2D eigenvalue weighted by atomic mass is 32.2. The molecule has 0 radical (unpaired) electrons. The van der Waals surface area contributed by atoms with Gasteiger partial charge in [-0.25, -0.2) is 14.4 Å². The summed E-state index contributed by atoms with van der Waals surface area (Å²) in [5.74, 6) is -0.276. The number of nitrogens with zero attached hydrogens (tertiary/aromatic N) is 2. The Morgan fingerprint density at radius 2 is 1.79 bits per heavy atom. The number of carbonyl (C=O) groups is 1. The van der Waals surface area contributed by atoms with Gasteiger partial charge in [0, 0.05) is 17.0 Å². The molecule has 4 nitrogen and oxygen atoms in total. The molecule has 28 heavy (non-hydrogen) atoms. The summed E-state index contributed by atoms with van der Waals surface area (Å²) in [5, 5.41) is 5.63. The number of para-hydroxylation sites is 2. The van der Waals surface area contributed by atoms with Crippen LogP contribution in [0, 0.1) is 5.82 Å². The van der Waals surface area contributed by atoms with Crippen molar-refractivity contribution in [3.63, 3.8) is 0 Å². The predicted octanol–water partition coefficient (Wildman–Crippen LogP) is 5.81. The standard InChI is InChI=1S/C21H16FN3OS2/c22-14-7-9-15(10-8-14)23-20(26)13-28-21-12-18(19-6-3-11-27-19)24-16-4-1-2-5-17(16)25-21/h1-11H,12-13H2,(H,23,26). The van der Waals surface area contributed by atoms with Crippen molar-refractivity contribution in [3.05, 3.63) is 76.7 Å². The molecule has 1 aliphatic heterocycles. The van der Waals surface area contributed by atoms with Crippen molar-refractivity contribution in [1.82, 2.24) is 0 Å². The summed E-state index contributed by atoms with van der Waals surface area (Å²) in [4.78, 5) is 22.9. The molecule has 1 N–H and O–H groups in total. The normalized spacial score (nSPS) is 13.2. The topological polar surface area (TPSA) is 53.8 Å². The molecule has 7 heteroatoms. The van der Waals surface area contributed by atoms with Crippen molar-refractivity contribution in [2.45, 2.75) is 6.42 Å². The van der Waals surface area contributed by atoms with Gasteiger partial charge < -0.3 is 5.32 Å². The van der Waals surface area contributed by atoms with Crippen LogP contribution >= 0.6 is 23.1 Å². The van der Waals surface area contributed by atoms with Crippen LogP contribution in [-0.4, -0.2) is 22.4 Å². The van der Waals surface area contributed by atoms with E-state index in [2.05, 4.69) is 5.32 Å². The first-order chi connectivity index (χ1) is 13.7. The zero-order valence-corrected chi connectivity index (χ0v) is 16.4. The number of rotatable bonds is 4. The SMILES string of the molecule is O=C(CSC1=Nc2ccccc2N=C(c2cccs2)C1)Nc1ccc(F)cc1. The molecule has 0 fully saturated rings. The Kier molecular flexibility index (Phi) is 5.64. The van der Waals surface area contributed by atoms with Crippen LogP contribution in [0.15, 0.2) is 76.0 Å². The van der Waals surface area contributed by atoms with E-state index in [-0.39, 0.29) is 17.5 Å². The lowest BCUT2D eigenvalue weighted by Crippen LogP contribution is -2.16. The van der Waals surface area contributed by atoms with E-state index in [1.54, 1.807) is 23.5 Å². The highest BCUT2D eigenvalue weighted by molar-refractivity contribution is 8.14. The van der Waals surface area contributed by atoms with Crippen LogP contribution in [0.4, 0.5) is 21.5 Å². The molecule has 0 saturated heterocycles. The zero-order chi connectivity index (χ0) is 19.3. The van der Waals surface area contributed by atoms with Crippen LogP contribution in [-0.2, 0) is 4.79 Å². The number of anilines is 1. The summed E-state index contributed by atoms with van der Waals surface area (Å²) in [7, 11) is 0. The number of nitrogens with one attached hydrogen (secondary N) is 1. The molecular formula is C21H16FN3OS2. The summed E-state index contributed by atoms with van der Waals surface area (Å²) in [6.07, 6.45) is 0.573. The van der Waals surface area contributed by atoms with Gasteiger partial charge in [-0.3, -0.25) is 4.79 Å². The van der Waals surface area contributed by atoms with Crippen LogP contribution in [0.1, 0.15) is 11.3 Å². The highest BCUT2D eigenvalue weighted by Gasteiger charge is 2.17. The van der Waals surface area contributed by atoms with E-state index < -0.39 is 0 Å². The molecule has 1 aromatic heterocycles. The molecule has 1 amide bonds. The zero-order valence-electron chi connectivity index (χ0n) is 14.8. The van der Waals surface area contributed by atoms with Crippen molar-refractivity contribution in [3.8, 4) is 0 Å². The molecule has 4 rings (SSSR count). The van der Waals surface area contributed by atoms with Gasteiger partial charge in [0.1, 0.15) is 5.82 Å². The number of hydrogen-bond acceptors (Lipinski definition) is 5. The number of thioether (sulfide) groups is 1. The number of hydrogen-bond donors (Lipinski definition) is 1. The maximum absolute atomic E-state index is 13.0. The first kappa shape index (κ1) is 18.6. The Bertz CT molecular complexity index is 1040. The van der Waals surface area contributed by atoms with E-state index in [0.29, 0.717) is 12.1 Å². The third-order valence-electron chi connectivity index (χ3n) is 4.00. The number of amides is 1. The molecule has 1 aliphatic rings. The van der Waals surface area contributed by atoms with Crippen LogP contribution in [0.25, 0.3) is 0 Å². The quantitative estimate of drug-likeness (QED) is 0.591. The molecule has 3 aromatic rings. The van der Waals surface area contributed by atoms with Gasteiger partial charge in [-0.15, -0.1) is 23.1 Å². The van der Waals surface area contributed by atoms with E-state index >= 15 is 0 Å². The summed E-state index contributed by atoms with van der Waals surface area (Å²) >= 11 is 3.03. The molecule has 0 spiro atoms. The first-order valence-electron chi connectivity index (χ1n) is 8.63. The van der Waals surface area contributed by atoms with Crippen molar-refractivity contribution in [1.29, 1.82) is 0 Å². The average Bonchev–Trinajstić information content (AvgIpc) is 3.17. The number of benzene rings is 2. The third kappa shape index (κ3) is 4.55. The monoisotopic (exact) mass is 409 g/mol. The predicted molar refractivity (Wildman–Crippen MR) is 116 cm³/mol. The van der Waals surface area contributed by atoms with E-state index in [1.165, 1.54) is 23.9 Å². The number of aliphatic imine (C=N–C) groups is 2. The molecule has 0 atom stereocenters. The first-order valence-corrected chi connectivity index (χ1v) is 10.5. The second kappa shape index (κ2) is 8.50. The summed E-state index contributed by atoms with van der Waals surface area (Å²) in [5.41, 5.74) is 3.15. The maximum Gasteiger partial charge on any atom is 0.234 e. The van der Waals surface area contributed by atoms with Gasteiger partial charge in [-0.05, 0) is 47.8 Å². The van der Waals surface area contributed by atoms with Gasteiger partial charge in [0.25, 0.3) is 0 Å². The van der Waals surface area contributed by atoms with E-state index in [0.717, 1.165) is 27.0 Å². The Morgan fingerprint density at radius 1 is 1.04 bits per heavy atom. The fourth-order valence-electron chi connectivity index (χ4n) is 2.70. The molecule has 0 unspecified atom stereocenters. The summed E-state index contributed by atoms with van der Waals surface area (Å²) in [6, 6.07) is 17.5. The molecule has 2 aromatic carbocycles. The molecule has 0 bridgehead atoms. The van der Waals surface area contributed by atoms with Gasteiger partial charge in [-0.1, -0.05) is 18.2 Å². The Morgan fingerprint density at radius 3 is 2.50 bits per heavy atom. The van der Waals surface area contributed by atoms with Crippen LogP contribution in [0.5, 0.6) is 0 Å². The van der Waals surface area contributed by atoms with Crippen LogP contribution < -0.4 is 5.32 Å². The fraction of sp³-hybridized carbons (Fsp3) is 0.0952. The number of carbonyl (C=O) groups excluding carboxylic acids is 1. The maximum atomic E-state index is 13.0. The minimum absolute atomic E-state index is 0.161. The Hall–Kier alpha value is -2.77. The van der Waals surface area contributed by atoms with Gasteiger partial charge in [-0.2, -0.15) is 0 Å². The van der Waals surface area contributed by atoms with Crippen molar-refractivity contribution in [2.75, 3.05) is 11.1 Å². The number of thiophene rings is 1. The Labute approximate surface area is 170 Å². The number of halogens is 1. The smallest absolute Gasteiger partial charge is 0.234 e. The van der Waals surface area contributed by atoms with Crippen molar-refractivity contribution < 1.29 is 9.18 Å². The lowest BCUT2D eigenvalue weighted by Gasteiger charge is -2.07. The van der Waals surface area contributed by atoms with Crippen molar-refractivity contribution >= 4 is 56.8 Å². The lowest BCUT2D eigenvalue weighted by molar-refractivity contribution is -0.113. The minimum Gasteiger partial charge on any atom is -0.325 e. The highest BCUT2D eigenvalue weighted by Crippen LogP contribution is 2.33. The molecule has 0 aliphatic carbocycles. The molecule has 0 saturated carbocycles. The summed E-state index contributed by atoms with van der Waals surface area (Å²) < 4.78 is 13.0. The fourth-order valence-corrected chi connectivity index (χ4v) is 4.19. The minimum atomic E-state index is -0.334. The van der Waals surface area contributed by atoms with E-state index in [9.17, 15) is 9.18 Å². The lowest BCUT2D eigenvalue weighted by atomic mass is 10.2. The third-order valence-corrected chi connectivity index (χ3v) is 5.90. The van der Waals surface area contributed by atoms with Gasteiger partial charge in [0.15, 0.2) is 0 Å². The van der Waals surface area contributed by atoms with Gasteiger partial charge in [0.05, 0.1) is 27.9 Å². The second-order valence-electron chi connectivity index (χ2n) is 6.05. The summed E-state index contributed by atoms with van der Waals surface area (Å²) in [6.45, 7) is 0. The molecule has 140 valence electrons. The van der Waals surface area contributed by atoms with Crippen LogP contribution in [0.2, 0.25) is 0 Å². The molecule has 2 heterocycles. The average molecular weight is 410 g/mol. The second-order valence-corrected chi connectivity index (χ2v) is 8.05. The number of fused-ring (bicyclic) bond motifs is 1. The van der Waals surface area contributed by atoms with E-state index in [1.807, 2.05) is 41.8 Å². The van der Waals surface area contributed by atoms with Gasteiger partial charge in [0.2, 0.25) is 5.91 Å². The van der Waals surface area contributed by atoms with Crippen LogP contribution in [0.3, 0.4) is 0 Å². The Balaban J connectivity index is 1.49. The van der Waals surface area contributed by atoms with Crippen molar-refractivity contribution in [2.24, 2.45) is 9.98 Å². The van der Waals surface area contributed by atoms with E-state index in [4.69, 9.17) is 9.98 Å². The molecular weight excluding hydrogens is 393 g/mol. The van der Waals surface area contributed by atoms with Gasteiger partial charge >= 0.3 is 0 Å².